The minimum atomic E-state index is -3.94. The topological polar surface area (TPSA) is 141 Å². The molecule has 2 heterocycles. The number of hydrogen-bond donors (Lipinski definition) is 4. The average Bonchev–Trinajstić information content (AvgIpc) is 2.98. The second kappa shape index (κ2) is 5.43. The molecule has 0 bridgehead atoms. The maximum Gasteiger partial charge on any atom is 0.357 e. The molecule has 2 aromatic heterocycles. The predicted octanol–water partition coefficient (Wildman–Crippen LogP) is -0.340. The van der Waals surface area contributed by atoms with Crippen LogP contribution in [0.2, 0.25) is 0 Å². The zero-order valence-electron chi connectivity index (χ0n) is 10.5. The molecule has 0 aliphatic carbocycles. The van der Waals surface area contributed by atoms with Gasteiger partial charge in [0.2, 0.25) is 10.0 Å². The minimum Gasteiger partial charge on any atom is -0.476 e. The van der Waals surface area contributed by atoms with Crippen LogP contribution in [0.15, 0.2) is 17.3 Å². The Labute approximate surface area is 114 Å². The predicted molar refractivity (Wildman–Crippen MR) is 67.8 cm³/mol. The first-order valence-electron chi connectivity index (χ1n) is 5.68. The largest absolute Gasteiger partial charge is 0.476 e. The highest BCUT2D eigenvalue weighted by molar-refractivity contribution is 7.89. The Morgan fingerprint density at radius 1 is 1.50 bits per heavy atom. The number of rotatable bonds is 6. The third kappa shape index (κ3) is 2.86. The van der Waals surface area contributed by atoms with E-state index in [2.05, 4.69) is 24.9 Å². The van der Waals surface area contributed by atoms with Crippen molar-refractivity contribution in [2.45, 2.75) is 18.2 Å². The van der Waals surface area contributed by atoms with E-state index < -0.39 is 21.7 Å². The number of carboxylic acids is 1. The number of carboxylic acid groups (broad SMARTS) is 1. The molecule has 0 spiro atoms. The van der Waals surface area contributed by atoms with Crippen LogP contribution in [0.25, 0.3) is 0 Å². The summed E-state index contributed by atoms with van der Waals surface area (Å²) in [6.45, 7) is 1.54. The third-order valence-electron chi connectivity index (χ3n) is 2.57. The van der Waals surface area contributed by atoms with E-state index in [1.165, 1.54) is 6.92 Å². The molecule has 0 aliphatic rings. The highest BCUT2D eigenvalue weighted by atomic mass is 32.2. The third-order valence-corrected chi connectivity index (χ3v) is 4.19. The van der Waals surface area contributed by atoms with Crippen molar-refractivity contribution in [1.29, 1.82) is 0 Å². The Morgan fingerprint density at radius 2 is 2.25 bits per heavy atom. The molecular formula is C10H13N5O4S. The van der Waals surface area contributed by atoms with E-state index in [4.69, 9.17) is 5.11 Å². The maximum atomic E-state index is 12.1. The fourth-order valence-electron chi connectivity index (χ4n) is 1.70. The Hall–Kier alpha value is -2.20. The van der Waals surface area contributed by atoms with Gasteiger partial charge in [-0.05, 0) is 6.92 Å². The summed E-state index contributed by atoms with van der Waals surface area (Å²) in [7, 11) is -3.94. The fourth-order valence-corrected chi connectivity index (χ4v) is 3.05. The van der Waals surface area contributed by atoms with Gasteiger partial charge in [0.1, 0.15) is 10.7 Å². The van der Waals surface area contributed by atoms with Crippen molar-refractivity contribution in [2.24, 2.45) is 0 Å². The van der Waals surface area contributed by atoms with Crippen LogP contribution in [0.1, 0.15) is 22.0 Å². The summed E-state index contributed by atoms with van der Waals surface area (Å²) in [6, 6.07) is 0. The van der Waals surface area contributed by atoms with Crippen LogP contribution in [0, 0.1) is 6.92 Å². The molecule has 0 saturated heterocycles. The van der Waals surface area contributed by atoms with Gasteiger partial charge >= 0.3 is 5.97 Å². The lowest BCUT2D eigenvalue weighted by atomic mass is 10.4. The first kappa shape index (κ1) is 14.2. The lowest BCUT2D eigenvalue weighted by molar-refractivity contribution is 0.0686. The molecule has 0 amide bonds. The molecule has 0 fully saturated rings. The Morgan fingerprint density at radius 3 is 2.85 bits per heavy atom. The number of carbonyl (C=O) groups is 1. The van der Waals surface area contributed by atoms with Crippen LogP contribution in [0.4, 0.5) is 0 Å². The van der Waals surface area contributed by atoms with Gasteiger partial charge < -0.3 is 10.1 Å². The number of nitrogens with one attached hydrogen (secondary N) is 3. The standard InChI is InChI=1S/C10H13N5O4S/c1-6-9(8(10(16)17)15-14-6)20(18,19)13-3-2-7-11-4-5-12-7/h4-5,13H,2-3H2,1H3,(H,11,12)(H,14,15)(H,16,17). The number of sulfonamides is 1. The van der Waals surface area contributed by atoms with E-state index in [1.54, 1.807) is 12.4 Å². The molecule has 0 atom stereocenters. The Bertz CT molecular complexity index is 704. The number of aromatic nitrogens is 4. The number of nitrogens with zero attached hydrogens (tertiary/aromatic N) is 2. The molecular weight excluding hydrogens is 286 g/mol. The molecule has 0 radical (unpaired) electrons. The van der Waals surface area contributed by atoms with Crippen LogP contribution in [-0.4, -0.2) is 46.2 Å². The first-order valence-corrected chi connectivity index (χ1v) is 7.16. The molecule has 10 heteroatoms. The molecule has 108 valence electrons. The molecule has 0 aliphatic heterocycles. The number of hydrogen-bond acceptors (Lipinski definition) is 5. The van der Waals surface area contributed by atoms with Crippen molar-refractivity contribution in [1.82, 2.24) is 24.9 Å². The lowest BCUT2D eigenvalue weighted by Gasteiger charge is -2.05. The Balaban J connectivity index is 2.14. The summed E-state index contributed by atoms with van der Waals surface area (Å²) in [5, 5.41) is 14.8. The zero-order valence-corrected chi connectivity index (χ0v) is 11.4. The molecule has 9 nitrogen and oxygen atoms in total. The van der Waals surface area contributed by atoms with E-state index in [9.17, 15) is 13.2 Å². The lowest BCUT2D eigenvalue weighted by Crippen LogP contribution is -2.28. The highest BCUT2D eigenvalue weighted by Gasteiger charge is 2.27. The Kier molecular flexibility index (Phi) is 3.86. The van der Waals surface area contributed by atoms with E-state index in [1.807, 2.05) is 0 Å². The van der Waals surface area contributed by atoms with Crippen molar-refractivity contribution in [2.75, 3.05) is 6.54 Å². The zero-order chi connectivity index (χ0) is 14.8. The molecule has 2 rings (SSSR count). The van der Waals surface area contributed by atoms with Gasteiger partial charge in [0, 0.05) is 25.4 Å². The molecule has 2 aromatic rings. The van der Waals surface area contributed by atoms with Gasteiger partial charge in [-0.25, -0.2) is 22.9 Å². The van der Waals surface area contributed by atoms with Gasteiger partial charge in [-0.1, -0.05) is 0 Å². The van der Waals surface area contributed by atoms with Crippen molar-refractivity contribution < 1.29 is 18.3 Å². The number of imidazole rings is 1. The van der Waals surface area contributed by atoms with E-state index in [0.29, 0.717) is 12.2 Å². The molecule has 20 heavy (non-hydrogen) atoms. The average molecular weight is 299 g/mol. The van der Waals surface area contributed by atoms with Crippen LogP contribution >= 0.6 is 0 Å². The maximum absolute atomic E-state index is 12.1. The van der Waals surface area contributed by atoms with Crippen LogP contribution in [-0.2, 0) is 16.4 Å². The highest BCUT2D eigenvalue weighted by Crippen LogP contribution is 2.17. The molecule has 0 saturated carbocycles. The monoisotopic (exact) mass is 299 g/mol. The molecule has 0 aromatic carbocycles. The van der Waals surface area contributed by atoms with E-state index in [0.717, 1.165) is 0 Å². The van der Waals surface area contributed by atoms with Crippen LogP contribution < -0.4 is 4.72 Å². The SMILES string of the molecule is Cc1[nH]nc(C(=O)O)c1S(=O)(=O)NCCc1ncc[nH]1. The first-order chi connectivity index (χ1) is 9.42. The smallest absolute Gasteiger partial charge is 0.357 e. The second-order valence-electron chi connectivity index (χ2n) is 4.02. The van der Waals surface area contributed by atoms with Gasteiger partial charge in [-0.15, -0.1) is 0 Å². The number of aromatic amines is 2. The van der Waals surface area contributed by atoms with Gasteiger partial charge in [0.15, 0.2) is 5.69 Å². The van der Waals surface area contributed by atoms with Crippen molar-refractivity contribution in [3.05, 3.63) is 29.6 Å². The van der Waals surface area contributed by atoms with Crippen LogP contribution in [0.5, 0.6) is 0 Å². The summed E-state index contributed by atoms with van der Waals surface area (Å²) in [4.78, 5) is 17.4. The number of aromatic carboxylic acids is 1. The summed E-state index contributed by atoms with van der Waals surface area (Å²) in [5.41, 5.74) is -0.346. The van der Waals surface area contributed by atoms with Crippen molar-refractivity contribution in [3.63, 3.8) is 0 Å². The van der Waals surface area contributed by atoms with Gasteiger partial charge in [0.25, 0.3) is 0 Å². The normalized spacial score (nSPS) is 11.7. The van der Waals surface area contributed by atoms with Gasteiger partial charge in [-0.2, -0.15) is 5.10 Å². The number of aryl methyl sites for hydroxylation is 1. The van der Waals surface area contributed by atoms with Gasteiger partial charge in [0.05, 0.1) is 5.69 Å². The number of H-pyrrole nitrogens is 2. The van der Waals surface area contributed by atoms with Crippen LogP contribution in [0.3, 0.4) is 0 Å². The van der Waals surface area contributed by atoms with Gasteiger partial charge in [-0.3, -0.25) is 5.10 Å². The van der Waals surface area contributed by atoms with Crippen molar-refractivity contribution in [3.8, 4) is 0 Å². The summed E-state index contributed by atoms with van der Waals surface area (Å²) >= 11 is 0. The van der Waals surface area contributed by atoms with Crippen molar-refractivity contribution >= 4 is 16.0 Å². The quantitative estimate of drug-likeness (QED) is 0.575. The molecule has 4 N–H and O–H groups in total. The second-order valence-corrected chi connectivity index (χ2v) is 5.72. The molecule has 0 unspecified atom stereocenters. The fraction of sp³-hybridized carbons (Fsp3) is 0.300. The minimum absolute atomic E-state index is 0.0968. The van der Waals surface area contributed by atoms with E-state index >= 15 is 0 Å². The van der Waals surface area contributed by atoms with E-state index in [-0.39, 0.29) is 17.1 Å². The summed E-state index contributed by atoms with van der Waals surface area (Å²) in [5.74, 6) is -0.768. The summed E-state index contributed by atoms with van der Waals surface area (Å²) in [6.07, 6.45) is 3.56. The summed E-state index contributed by atoms with van der Waals surface area (Å²) < 4.78 is 26.5.